The Morgan fingerprint density at radius 1 is 1.41 bits per heavy atom. The molecule has 3 N–H and O–H groups in total. The van der Waals surface area contributed by atoms with Crippen LogP contribution in [0.5, 0.6) is 0 Å². The molecule has 1 aromatic carbocycles. The predicted octanol–water partition coefficient (Wildman–Crippen LogP) is 1.19. The molecule has 0 bridgehead atoms. The van der Waals surface area contributed by atoms with Gasteiger partial charge in [-0.15, -0.1) is 0 Å². The smallest absolute Gasteiger partial charge is 0.237 e. The first-order chi connectivity index (χ1) is 8.19. The first-order valence-corrected chi connectivity index (χ1v) is 5.78. The van der Waals surface area contributed by atoms with E-state index in [-0.39, 0.29) is 5.91 Å². The molecule has 0 spiro atoms. The van der Waals surface area contributed by atoms with Gasteiger partial charge in [0.25, 0.3) is 0 Å². The topological polar surface area (TPSA) is 64.4 Å². The summed E-state index contributed by atoms with van der Waals surface area (Å²) in [4.78, 5) is 11.5. The number of carbonyl (C=O) groups excluding carboxylic acids is 1. The van der Waals surface area contributed by atoms with Crippen molar-refractivity contribution in [3.63, 3.8) is 0 Å². The van der Waals surface area contributed by atoms with Crippen molar-refractivity contribution in [2.24, 2.45) is 5.73 Å². The highest BCUT2D eigenvalue weighted by atomic mass is 16.5. The molecule has 1 amide bonds. The summed E-state index contributed by atoms with van der Waals surface area (Å²) < 4.78 is 5.11. The maximum absolute atomic E-state index is 11.5. The Labute approximate surface area is 102 Å². The quantitative estimate of drug-likeness (QED) is 0.779. The molecule has 0 saturated carbocycles. The number of methoxy groups -OCH3 is 1. The molecule has 0 aliphatic carbocycles. The van der Waals surface area contributed by atoms with Crippen molar-refractivity contribution in [1.82, 2.24) is 5.32 Å². The van der Waals surface area contributed by atoms with Crippen LogP contribution in [0.4, 0.5) is 0 Å². The Hall–Kier alpha value is -1.39. The lowest BCUT2D eigenvalue weighted by molar-refractivity contribution is -0.122. The minimum Gasteiger partial charge on any atom is -0.380 e. The van der Waals surface area contributed by atoms with Crippen LogP contribution >= 0.6 is 0 Å². The predicted molar refractivity (Wildman–Crippen MR) is 67.3 cm³/mol. The third kappa shape index (κ3) is 4.17. The monoisotopic (exact) mass is 236 g/mol. The van der Waals surface area contributed by atoms with Gasteiger partial charge in [-0.2, -0.15) is 0 Å². The number of hydrogen-bond acceptors (Lipinski definition) is 3. The molecule has 0 fully saturated rings. The van der Waals surface area contributed by atoms with Crippen LogP contribution in [0.25, 0.3) is 0 Å². The fourth-order valence-electron chi connectivity index (χ4n) is 1.53. The molecule has 94 valence electrons. The van der Waals surface area contributed by atoms with Gasteiger partial charge >= 0.3 is 0 Å². The number of rotatable bonds is 6. The SMILES string of the molecule is CCC(N)C(=O)NCc1ccccc1COC. The van der Waals surface area contributed by atoms with Crippen LogP contribution in [-0.4, -0.2) is 19.1 Å². The Kier molecular flexibility index (Phi) is 5.66. The zero-order valence-electron chi connectivity index (χ0n) is 10.4. The standard InChI is InChI=1S/C13H20N2O2/c1-3-12(14)13(16)15-8-10-6-4-5-7-11(10)9-17-2/h4-7,12H,3,8-9,14H2,1-2H3,(H,15,16). The van der Waals surface area contributed by atoms with E-state index in [1.165, 1.54) is 0 Å². The van der Waals surface area contributed by atoms with Gasteiger partial charge in [-0.05, 0) is 17.5 Å². The molecule has 17 heavy (non-hydrogen) atoms. The highest BCUT2D eigenvalue weighted by Crippen LogP contribution is 2.09. The van der Waals surface area contributed by atoms with E-state index < -0.39 is 6.04 Å². The minimum atomic E-state index is -0.426. The summed E-state index contributed by atoms with van der Waals surface area (Å²) in [5.41, 5.74) is 7.79. The molecule has 1 rings (SSSR count). The molecule has 0 radical (unpaired) electrons. The normalized spacial score (nSPS) is 12.2. The fraction of sp³-hybridized carbons (Fsp3) is 0.462. The van der Waals surface area contributed by atoms with E-state index in [2.05, 4.69) is 5.32 Å². The van der Waals surface area contributed by atoms with Crippen molar-refractivity contribution in [3.8, 4) is 0 Å². The average molecular weight is 236 g/mol. The van der Waals surface area contributed by atoms with Gasteiger partial charge < -0.3 is 15.8 Å². The second-order valence-corrected chi connectivity index (χ2v) is 3.93. The second-order valence-electron chi connectivity index (χ2n) is 3.93. The highest BCUT2D eigenvalue weighted by molar-refractivity contribution is 5.81. The Morgan fingerprint density at radius 3 is 2.65 bits per heavy atom. The highest BCUT2D eigenvalue weighted by Gasteiger charge is 2.10. The Morgan fingerprint density at radius 2 is 2.06 bits per heavy atom. The van der Waals surface area contributed by atoms with Gasteiger partial charge in [-0.25, -0.2) is 0 Å². The molecule has 0 aliphatic rings. The Balaban J connectivity index is 2.59. The molecular weight excluding hydrogens is 216 g/mol. The largest absolute Gasteiger partial charge is 0.380 e. The van der Waals surface area contributed by atoms with Crippen LogP contribution in [0.15, 0.2) is 24.3 Å². The molecule has 4 nitrogen and oxygen atoms in total. The summed E-state index contributed by atoms with van der Waals surface area (Å²) in [6, 6.07) is 7.44. The maximum Gasteiger partial charge on any atom is 0.237 e. The number of amides is 1. The van der Waals surface area contributed by atoms with Crippen LogP contribution in [0.1, 0.15) is 24.5 Å². The van der Waals surface area contributed by atoms with Gasteiger partial charge in [0.2, 0.25) is 5.91 Å². The maximum atomic E-state index is 11.5. The lowest BCUT2D eigenvalue weighted by atomic mass is 10.1. The summed E-state index contributed by atoms with van der Waals surface area (Å²) in [5, 5.41) is 2.83. The molecule has 0 aromatic heterocycles. The molecule has 0 saturated heterocycles. The lowest BCUT2D eigenvalue weighted by Crippen LogP contribution is -2.39. The van der Waals surface area contributed by atoms with E-state index >= 15 is 0 Å². The molecule has 1 atom stereocenters. The van der Waals surface area contributed by atoms with E-state index in [9.17, 15) is 4.79 Å². The molecule has 0 aliphatic heterocycles. The molecule has 1 aromatic rings. The van der Waals surface area contributed by atoms with E-state index in [0.717, 1.165) is 11.1 Å². The minimum absolute atomic E-state index is 0.111. The van der Waals surface area contributed by atoms with Crippen molar-refractivity contribution in [2.75, 3.05) is 7.11 Å². The summed E-state index contributed by atoms with van der Waals surface area (Å²) in [7, 11) is 1.66. The Bertz CT molecular complexity index is 366. The van der Waals surface area contributed by atoms with Crippen LogP contribution in [0.2, 0.25) is 0 Å². The first kappa shape index (κ1) is 13.7. The zero-order valence-corrected chi connectivity index (χ0v) is 10.4. The van der Waals surface area contributed by atoms with Crippen LogP contribution in [0.3, 0.4) is 0 Å². The molecular formula is C13H20N2O2. The van der Waals surface area contributed by atoms with Crippen molar-refractivity contribution in [1.29, 1.82) is 0 Å². The van der Waals surface area contributed by atoms with Crippen LogP contribution in [0, 0.1) is 0 Å². The van der Waals surface area contributed by atoms with Crippen molar-refractivity contribution >= 4 is 5.91 Å². The number of benzene rings is 1. The molecule has 4 heteroatoms. The zero-order chi connectivity index (χ0) is 12.7. The van der Waals surface area contributed by atoms with Crippen LogP contribution < -0.4 is 11.1 Å². The first-order valence-electron chi connectivity index (χ1n) is 5.78. The number of carbonyl (C=O) groups is 1. The summed E-state index contributed by atoms with van der Waals surface area (Å²) in [5.74, 6) is -0.111. The fourth-order valence-corrected chi connectivity index (χ4v) is 1.53. The van der Waals surface area contributed by atoms with E-state index in [1.54, 1.807) is 7.11 Å². The van der Waals surface area contributed by atoms with E-state index in [0.29, 0.717) is 19.6 Å². The number of nitrogens with two attached hydrogens (primary N) is 1. The van der Waals surface area contributed by atoms with Gasteiger partial charge in [0.15, 0.2) is 0 Å². The molecule has 0 heterocycles. The van der Waals surface area contributed by atoms with Gasteiger partial charge in [-0.1, -0.05) is 31.2 Å². The summed E-state index contributed by atoms with van der Waals surface area (Å²) >= 11 is 0. The van der Waals surface area contributed by atoms with Gasteiger partial charge in [-0.3, -0.25) is 4.79 Å². The van der Waals surface area contributed by atoms with E-state index in [1.807, 2.05) is 31.2 Å². The lowest BCUT2D eigenvalue weighted by Gasteiger charge is -2.12. The second kappa shape index (κ2) is 7.04. The van der Waals surface area contributed by atoms with Gasteiger partial charge in [0.05, 0.1) is 12.6 Å². The van der Waals surface area contributed by atoms with Gasteiger partial charge in [0.1, 0.15) is 0 Å². The van der Waals surface area contributed by atoms with Crippen LogP contribution in [-0.2, 0) is 22.7 Å². The number of ether oxygens (including phenoxy) is 1. The third-order valence-electron chi connectivity index (χ3n) is 2.65. The van der Waals surface area contributed by atoms with Crippen molar-refractivity contribution < 1.29 is 9.53 Å². The summed E-state index contributed by atoms with van der Waals surface area (Å²) in [6.07, 6.45) is 0.644. The van der Waals surface area contributed by atoms with Gasteiger partial charge in [0, 0.05) is 13.7 Å². The average Bonchev–Trinajstić information content (AvgIpc) is 2.36. The number of hydrogen-bond donors (Lipinski definition) is 2. The van der Waals surface area contributed by atoms with Crippen molar-refractivity contribution in [3.05, 3.63) is 35.4 Å². The van der Waals surface area contributed by atoms with Crippen molar-refractivity contribution in [2.45, 2.75) is 32.5 Å². The third-order valence-corrected chi connectivity index (χ3v) is 2.65. The number of nitrogens with one attached hydrogen (secondary N) is 1. The summed E-state index contributed by atoms with van der Waals surface area (Å²) in [6.45, 7) is 2.93. The van der Waals surface area contributed by atoms with E-state index in [4.69, 9.17) is 10.5 Å². The molecule has 1 unspecified atom stereocenters.